The van der Waals surface area contributed by atoms with Gasteiger partial charge in [-0.25, -0.2) is 4.57 Å². The quantitative estimate of drug-likeness (QED) is 0.0264. The van der Waals surface area contributed by atoms with Crippen LogP contribution in [0.5, 0.6) is 0 Å². The fourth-order valence-corrected chi connectivity index (χ4v) is 10.5. The van der Waals surface area contributed by atoms with Crippen molar-refractivity contribution in [2.45, 2.75) is 315 Å². The van der Waals surface area contributed by atoms with Gasteiger partial charge in [0.15, 0.2) is 6.10 Å². The third-order valence-corrected chi connectivity index (χ3v) is 16.0. The van der Waals surface area contributed by atoms with Crippen molar-refractivity contribution in [3.8, 4) is 0 Å². The van der Waals surface area contributed by atoms with Crippen LogP contribution in [-0.2, 0) is 32.7 Å². The van der Waals surface area contributed by atoms with Gasteiger partial charge in [-0.1, -0.05) is 314 Å². The van der Waals surface area contributed by atoms with Crippen LogP contribution in [-0.4, -0.2) is 49.3 Å². The highest BCUT2D eigenvalue weighted by Gasteiger charge is 2.26. The van der Waals surface area contributed by atoms with Crippen LogP contribution >= 0.6 is 7.82 Å². The van der Waals surface area contributed by atoms with Crippen molar-refractivity contribution >= 4 is 19.8 Å². The Morgan fingerprint density at radius 2 is 0.632 bits per heavy atom. The Morgan fingerprint density at radius 3 is 0.943 bits per heavy atom. The third kappa shape index (κ3) is 71.1. The number of hydrogen-bond donors (Lipinski definition) is 2. The van der Waals surface area contributed by atoms with Gasteiger partial charge in [0.1, 0.15) is 6.61 Å². The van der Waals surface area contributed by atoms with Crippen molar-refractivity contribution in [3.63, 3.8) is 0 Å². The largest absolute Gasteiger partial charge is 0.472 e. The molecule has 9 nitrogen and oxygen atoms in total. The number of carbonyl (C=O) groups excluding carboxylic acids is 2. The van der Waals surface area contributed by atoms with E-state index < -0.39 is 26.5 Å². The molecule has 0 aliphatic rings. The van der Waals surface area contributed by atoms with Gasteiger partial charge < -0.3 is 20.1 Å². The number of carbonyl (C=O) groups is 2. The minimum atomic E-state index is -4.40. The monoisotopic (exact) mass is 1230 g/mol. The molecule has 2 atom stereocenters. The van der Waals surface area contributed by atoms with Crippen LogP contribution in [0, 0.1) is 0 Å². The van der Waals surface area contributed by atoms with Gasteiger partial charge in [-0.3, -0.25) is 18.6 Å². The molecular weight excluding hydrogens is 1100 g/mol. The fourth-order valence-electron chi connectivity index (χ4n) is 9.78. The van der Waals surface area contributed by atoms with Gasteiger partial charge >= 0.3 is 19.8 Å². The van der Waals surface area contributed by atoms with E-state index in [4.69, 9.17) is 24.3 Å². The third-order valence-electron chi connectivity index (χ3n) is 15.0. The molecule has 0 amide bonds. The van der Waals surface area contributed by atoms with Gasteiger partial charge in [0.05, 0.1) is 13.2 Å². The minimum absolute atomic E-state index is 0.0466. The first-order chi connectivity index (χ1) is 42.8. The summed E-state index contributed by atoms with van der Waals surface area (Å²) in [6.45, 7) is 3.63. The van der Waals surface area contributed by atoms with Crippen molar-refractivity contribution in [2.24, 2.45) is 5.73 Å². The predicted molar refractivity (Wildman–Crippen MR) is 376 cm³/mol. The zero-order valence-corrected chi connectivity index (χ0v) is 56.9. The highest BCUT2D eigenvalue weighted by atomic mass is 31.2. The number of nitrogens with two attached hydrogens (primary N) is 1. The number of hydrogen-bond acceptors (Lipinski definition) is 8. The number of unbranched alkanes of at least 4 members (excludes halogenated alkanes) is 31. The highest BCUT2D eigenvalue weighted by Crippen LogP contribution is 2.43. The van der Waals surface area contributed by atoms with E-state index in [1.54, 1.807) is 0 Å². The molecule has 0 aliphatic heterocycles. The molecule has 0 aromatic rings. The van der Waals surface area contributed by atoms with Crippen LogP contribution in [0.4, 0.5) is 0 Å². The van der Waals surface area contributed by atoms with Gasteiger partial charge in [-0.2, -0.15) is 0 Å². The number of esters is 2. The standard InChI is InChI=1S/C77H132NO8P/c1-3-5-7-9-11-13-15-17-19-21-23-25-27-29-31-33-35-37-39-41-43-45-47-49-51-53-55-57-59-61-63-65-67-69-76(79)83-73-75(74-85-87(81,82)84-72-71-78)86-77(80)70-68-66-64-62-60-58-56-54-52-50-48-46-44-42-40-38-36-34-32-30-28-26-24-22-20-18-16-14-12-10-8-6-4-2/h6,8,12,14-15,17-18,20-21,23-24,26-27,29-30,32,36,38,42,44,48,50,75H,3-5,7,9-11,13,16,19,22,25,28,31,33-35,37,39-41,43,45-47,49,51-74,78H2,1-2H3,(H,81,82)/b8-6-,14-12-,17-15-,20-18-,23-21-,26-24-,29-27-,32-30-,38-36-,44-42-,50-48-. The maximum absolute atomic E-state index is 12.8. The van der Waals surface area contributed by atoms with Gasteiger partial charge in [-0.05, 0) is 116 Å². The maximum Gasteiger partial charge on any atom is 0.472 e. The lowest BCUT2D eigenvalue weighted by Gasteiger charge is -2.19. The van der Waals surface area contributed by atoms with E-state index in [2.05, 4.69) is 148 Å². The number of allylic oxidation sites excluding steroid dienone is 22. The lowest BCUT2D eigenvalue weighted by Crippen LogP contribution is -2.29. The molecule has 0 heterocycles. The molecule has 0 saturated heterocycles. The van der Waals surface area contributed by atoms with Crippen LogP contribution in [0.15, 0.2) is 134 Å². The molecule has 3 N–H and O–H groups in total. The Labute approximate surface area is 535 Å². The zero-order valence-electron chi connectivity index (χ0n) is 56.0. The first-order valence-corrected chi connectivity index (χ1v) is 37.2. The Bertz CT molecular complexity index is 1890. The van der Waals surface area contributed by atoms with Crippen LogP contribution in [0.3, 0.4) is 0 Å². The van der Waals surface area contributed by atoms with Gasteiger partial charge in [0, 0.05) is 19.4 Å². The smallest absolute Gasteiger partial charge is 0.462 e. The van der Waals surface area contributed by atoms with Crippen LogP contribution < -0.4 is 5.73 Å². The summed E-state index contributed by atoms with van der Waals surface area (Å²) in [5.41, 5.74) is 5.40. The van der Waals surface area contributed by atoms with E-state index in [0.717, 1.165) is 109 Å². The molecule has 0 aliphatic carbocycles. The van der Waals surface area contributed by atoms with Gasteiger partial charge in [0.2, 0.25) is 0 Å². The zero-order chi connectivity index (χ0) is 63.0. The minimum Gasteiger partial charge on any atom is -0.462 e. The first kappa shape index (κ1) is 83.2. The van der Waals surface area contributed by atoms with Gasteiger partial charge in [-0.15, -0.1) is 0 Å². The van der Waals surface area contributed by atoms with Gasteiger partial charge in [0.25, 0.3) is 0 Å². The number of phosphoric ester groups is 1. The Balaban J connectivity index is 3.93. The molecule has 498 valence electrons. The van der Waals surface area contributed by atoms with E-state index in [-0.39, 0.29) is 38.6 Å². The molecule has 2 unspecified atom stereocenters. The molecule has 0 rings (SSSR count). The molecule has 0 bridgehead atoms. The van der Waals surface area contributed by atoms with Crippen LogP contribution in [0.2, 0.25) is 0 Å². The second-order valence-corrected chi connectivity index (χ2v) is 24.8. The normalized spacial score (nSPS) is 13.7. The molecule has 0 aromatic carbocycles. The highest BCUT2D eigenvalue weighted by molar-refractivity contribution is 7.47. The Morgan fingerprint density at radius 1 is 0.356 bits per heavy atom. The summed E-state index contributed by atoms with van der Waals surface area (Å²) < 4.78 is 33.2. The first-order valence-electron chi connectivity index (χ1n) is 35.7. The van der Waals surface area contributed by atoms with Crippen LogP contribution in [0.1, 0.15) is 309 Å². The maximum atomic E-state index is 12.8. The second-order valence-electron chi connectivity index (χ2n) is 23.4. The summed E-state index contributed by atoms with van der Waals surface area (Å²) in [7, 11) is -4.40. The lowest BCUT2D eigenvalue weighted by molar-refractivity contribution is -0.161. The van der Waals surface area contributed by atoms with E-state index in [0.29, 0.717) is 6.42 Å². The Hall–Kier alpha value is -3.85. The summed E-state index contributed by atoms with van der Waals surface area (Å²) >= 11 is 0. The molecule has 10 heteroatoms. The summed E-state index contributed by atoms with van der Waals surface area (Å²) in [4.78, 5) is 35.4. The van der Waals surface area contributed by atoms with Crippen molar-refractivity contribution in [1.82, 2.24) is 0 Å². The van der Waals surface area contributed by atoms with E-state index in [1.165, 1.54) is 167 Å². The van der Waals surface area contributed by atoms with Crippen molar-refractivity contribution in [3.05, 3.63) is 134 Å². The molecular formula is C77H132NO8P. The molecule has 0 saturated carbocycles. The topological polar surface area (TPSA) is 134 Å². The summed E-state index contributed by atoms with van der Waals surface area (Å²) in [6.07, 6.45) is 101. The molecule has 0 radical (unpaired) electrons. The average Bonchev–Trinajstić information content (AvgIpc) is 3.64. The van der Waals surface area contributed by atoms with Crippen molar-refractivity contribution in [1.29, 1.82) is 0 Å². The molecule has 87 heavy (non-hydrogen) atoms. The number of phosphoric acid groups is 1. The SMILES string of the molecule is CC/C=C\C/C=C\C/C=C\C/C=C\C/C=C\C/C=C\C/C=C\C/C=C\CCCCCCCCCCC(=O)OC(COC(=O)CCCCCCCCCCCCCCCCCCCC/C=C\C/C=C\C/C=C\CCCCCCC)COP(=O)(O)OCCN. The van der Waals surface area contributed by atoms with E-state index >= 15 is 0 Å². The summed E-state index contributed by atoms with van der Waals surface area (Å²) in [6, 6.07) is 0. The number of rotatable bonds is 66. The van der Waals surface area contributed by atoms with E-state index in [1.807, 2.05) is 0 Å². The van der Waals surface area contributed by atoms with Crippen LogP contribution in [0.25, 0.3) is 0 Å². The average molecular weight is 1230 g/mol. The molecule has 0 spiro atoms. The predicted octanol–water partition coefficient (Wildman–Crippen LogP) is 23.6. The van der Waals surface area contributed by atoms with Crippen molar-refractivity contribution < 1.29 is 37.6 Å². The Kier molecular flexibility index (Phi) is 68.1. The number of ether oxygens (including phenoxy) is 2. The molecule has 0 fully saturated rings. The molecule has 0 aromatic heterocycles. The summed E-state index contributed by atoms with van der Waals surface area (Å²) in [5, 5.41) is 0. The lowest BCUT2D eigenvalue weighted by atomic mass is 10.0. The van der Waals surface area contributed by atoms with E-state index in [9.17, 15) is 19.0 Å². The van der Waals surface area contributed by atoms with Crippen molar-refractivity contribution in [2.75, 3.05) is 26.4 Å². The summed E-state index contributed by atoms with van der Waals surface area (Å²) in [5.74, 6) is -0.835. The fraction of sp³-hybridized carbons (Fsp3) is 0.688. The second kappa shape index (κ2) is 71.2.